The normalized spacial score (nSPS) is 35.0. The monoisotopic (exact) mass is 255 g/mol. The van der Waals surface area contributed by atoms with Crippen molar-refractivity contribution in [2.75, 3.05) is 32.8 Å². The van der Waals surface area contributed by atoms with Crippen LogP contribution in [-0.2, 0) is 4.74 Å². The summed E-state index contributed by atoms with van der Waals surface area (Å²) in [4.78, 5) is 0. The van der Waals surface area contributed by atoms with Crippen molar-refractivity contribution in [3.8, 4) is 0 Å². The number of morpholine rings is 1. The van der Waals surface area contributed by atoms with Gasteiger partial charge in [-0.3, -0.25) is 0 Å². The number of rotatable bonds is 4. The molecule has 0 aromatic carbocycles. The van der Waals surface area contributed by atoms with Crippen molar-refractivity contribution in [1.82, 2.24) is 10.4 Å². The summed E-state index contributed by atoms with van der Waals surface area (Å²) in [6.45, 7) is 9.04. The Morgan fingerprint density at radius 2 is 2.06 bits per heavy atom. The molecule has 1 aliphatic carbocycles. The maximum Gasteiger partial charge on any atom is 0.0608 e. The van der Waals surface area contributed by atoms with Crippen molar-refractivity contribution in [3.63, 3.8) is 0 Å². The zero-order chi connectivity index (χ0) is 13.0. The highest BCUT2D eigenvalue weighted by Gasteiger charge is 2.42. The van der Waals surface area contributed by atoms with Crippen LogP contribution < -0.4 is 11.2 Å². The summed E-state index contributed by atoms with van der Waals surface area (Å²) in [5.41, 5.74) is 10.1. The van der Waals surface area contributed by atoms with Gasteiger partial charge >= 0.3 is 0 Å². The van der Waals surface area contributed by atoms with Crippen molar-refractivity contribution in [2.24, 2.45) is 17.6 Å². The minimum Gasteiger partial charge on any atom is -0.379 e. The smallest absolute Gasteiger partial charge is 0.0608 e. The largest absolute Gasteiger partial charge is 0.379 e. The number of nitrogens with two attached hydrogens (primary N) is 1. The predicted molar refractivity (Wildman–Crippen MR) is 74.1 cm³/mol. The Morgan fingerprint density at radius 1 is 1.33 bits per heavy atom. The standard InChI is InChI=1S/C14H29N3O/c1-12(2)13-5-3-4-6-14(13,11-15)16-17-7-9-18-10-8-17/h12-13,16H,3-11,15H2,1-2H3. The molecule has 106 valence electrons. The van der Waals surface area contributed by atoms with Crippen LogP contribution in [0.1, 0.15) is 39.5 Å². The molecule has 0 amide bonds. The number of nitrogens with zero attached hydrogens (tertiary/aromatic N) is 1. The molecular weight excluding hydrogens is 226 g/mol. The van der Waals surface area contributed by atoms with E-state index in [1.54, 1.807) is 0 Å². The average molecular weight is 255 g/mol. The second-order valence-electron chi connectivity index (χ2n) is 6.17. The highest BCUT2D eigenvalue weighted by atomic mass is 16.5. The van der Waals surface area contributed by atoms with Crippen molar-refractivity contribution >= 4 is 0 Å². The summed E-state index contributed by atoms with van der Waals surface area (Å²) in [6, 6.07) is 0. The summed E-state index contributed by atoms with van der Waals surface area (Å²) in [5.74, 6) is 1.39. The van der Waals surface area contributed by atoms with Crippen LogP contribution in [0.15, 0.2) is 0 Å². The molecule has 0 bridgehead atoms. The van der Waals surface area contributed by atoms with Crippen LogP contribution in [0.25, 0.3) is 0 Å². The molecule has 1 saturated carbocycles. The molecule has 4 heteroatoms. The average Bonchev–Trinajstić information content (AvgIpc) is 2.40. The maximum absolute atomic E-state index is 6.16. The van der Waals surface area contributed by atoms with E-state index in [-0.39, 0.29) is 5.54 Å². The Hall–Kier alpha value is -0.160. The topological polar surface area (TPSA) is 50.5 Å². The van der Waals surface area contributed by atoms with E-state index in [4.69, 9.17) is 10.5 Å². The van der Waals surface area contributed by atoms with E-state index in [0.717, 1.165) is 32.8 Å². The molecule has 2 atom stereocenters. The Labute approximate surface area is 111 Å². The van der Waals surface area contributed by atoms with Crippen LogP contribution >= 0.6 is 0 Å². The Morgan fingerprint density at radius 3 is 2.67 bits per heavy atom. The van der Waals surface area contributed by atoms with E-state index in [0.29, 0.717) is 11.8 Å². The van der Waals surface area contributed by atoms with Gasteiger partial charge in [-0.25, -0.2) is 10.4 Å². The molecule has 18 heavy (non-hydrogen) atoms. The number of hydrazine groups is 1. The van der Waals surface area contributed by atoms with Crippen LogP contribution in [0.4, 0.5) is 0 Å². The number of ether oxygens (including phenoxy) is 1. The third-order valence-electron chi connectivity index (χ3n) is 4.66. The minimum absolute atomic E-state index is 0.115. The molecule has 1 heterocycles. The summed E-state index contributed by atoms with van der Waals surface area (Å²) < 4.78 is 5.42. The lowest BCUT2D eigenvalue weighted by Crippen LogP contribution is -2.65. The van der Waals surface area contributed by atoms with Gasteiger partial charge in [0.2, 0.25) is 0 Å². The molecule has 1 aliphatic heterocycles. The highest BCUT2D eigenvalue weighted by molar-refractivity contribution is 4.98. The SMILES string of the molecule is CC(C)C1CCCCC1(CN)NN1CCOCC1. The molecule has 1 saturated heterocycles. The Kier molecular flexibility index (Phi) is 5.01. The zero-order valence-corrected chi connectivity index (χ0v) is 12.0. The molecule has 0 spiro atoms. The van der Waals surface area contributed by atoms with E-state index in [1.807, 2.05) is 0 Å². The second kappa shape index (κ2) is 6.33. The van der Waals surface area contributed by atoms with E-state index in [2.05, 4.69) is 24.3 Å². The van der Waals surface area contributed by atoms with E-state index in [1.165, 1.54) is 25.7 Å². The second-order valence-corrected chi connectivity index (χ2v) is 6.17. The van der Waals surface area contributed by atoms with Gasteiger partial charge in [-0.05, 0) is 24.7 Å². The third kappa shape index (κ3) is 3.05. The third-order valence-corrected chi connectivity index (χ3v) is 4.66. The van der Waals surface area contributed by atoms with Crippen LogP contribution in [0, 0.1) is 11.8 Å². The van der Waals surface area contributed by atoms with Gasteiger partial charge in [0.15, 0.2) is 0 Å². The molecule has 0 aromatic heterocycles. The lowest BCUT2D eigenvalue weighted by molar-refractivity contribution is -0.0392. The molecule has 3 N–H and O–H groups in total. The van der Waals surface area contributed by atoms with Gasteiger partial charge in [0.1, 0.15) is 0 Å². The van der Waals surface area contributed by atoms with Gasteiger partial charge in [0.25, 0.3) is 0 Å². The lowest BCUT2D eigenvalue weighted by atomic mass is 9.68. The van der Waals surface area contributed by atoms with Crippen LogP contribution in [0.2, 0.25) is 0 Å². The number of nitrogens with one attached hydrogen (secondary N) is 1. The molecule has 2 unspecified atom stereocenters. The first-order chi connectivity index (χ1) is 8.68. The number of hydrogen-bond acceptors (Lipinski definition) is 4. The molecule has 4 nitrogen and oxygen atoms in total. The van der Waals surface area contributed by atoms with Crippen LogP contribution in [-0.4, -0.2) is 43.4 Å². The van der Waals surface area contributed by atoms with Crippen LogP contribution in [0.5, 0.6) is 0 Å². The number of hydrogen-bond donors (Lipinski definition) is 2. The Balaban J connectivity index is 2.05. The van der Waals surface area contributed by atoms with Crippen molar-refractivity contribution < 1.29 is 4.74 Å². The summed E-state index contributed by atoms with van der Waals surface area (Å²) in [7, 11) is 0. The van der Waals surface area contributed by atoms with Gasteiger partial charge in [-0.1, -0.05) is 26.7 Å². The van der Waals surface area contributed by atoms with Gasteiger partial charge in [0.05, 0.1) is 13.2 Å². The summed E-state index contributed by atoms with van der Waals surface area (Å²) >= 11 is 0. The predicted octanol–water partition coefficient (Wildman–Crippen LogP) is 1.37. The quantitative estimate of drug-likeness (QED) is 0.796. The van der Waals surface area contributed by atoms with E-state index < -0.39 is 0 Å². The fraction of sp³-hybridized carbons (Fsp3) is 1.00. The summed E-state index contributed by atoms with van der Waals surface area (Å²) in [6.07, 6.45) is 5.18. The molecule has 0 radical (unpaired) electrons. The first-order valence-corrected chi connectivity index (χ1v) is 7.48. The lowest BCUT2D eigenvalue weighted by Gasteiger charge is -2.49. The van der Waals surface area contributed by atoms with Gasteiger partial charge in [-0.15, -0.1) is 0 Å². The molecule has 0 aromatic rings. The van der Waals surface area contributed by atoms with Crippen molar-refractivity contribution in [2.45, 2.75) is 45.1 Å². The molecular formula is C14H29N3O. The fourth-order valence-electron chi connectivity index (χ4n) is 3.67. The Bertz CT molecular complexity index is 253. The summed E-state index contributed by atoms with van der Waals surface area (Å²) in [5, 5.41) is 2.33. The van der Waals surface area contributed by atoms with Crippen molar-refractivity contribution in [3.05, 3.63) is 0 Å². The van der Waals surface area contributed by atoms with Gasteiger partial charge in [0, 0.05) is 25.2 Å². The van der Waals surface area contributed by atoms with Crippen molar-refractivity contribution in [1.29, 1.82) is 0 Å². The van der Waals surface area contributed by atoms with Gasteiger partial charge in [-0.2, -0.15) is 0 Å². The van der Waals surface area contributed by atoms with Gasteiger partial charge < -0.3 is 10.5 Å². The highest BCUT2D eigenvalue weighted by Crippen LogP contribution is 2.38. The zero-order valence-electron chi connectivity index (χ0n) is 12.0. The maximum atomic E-state index is 6.16. The van der Waals surface area contributed by atoms with E-state index in [9.17, 15) is 0 Å². The van der Waals surface area contributed by atoms with Crippen LogP contribution in [0.3, 0.4) is 0 Å². The molecule has 2 rings (SSSR count). The first-order valence-electron chi connectivity index (χ1n) is 7.48. The molecule has 2 aliphatic rings. The fourth-order valence-corrected chi connectivity index (χ4v) is 3.67. The first kappa shape index (κ1) is 14.3. The molecule has 2 fully saturated rings. The minimum atomic E-state index is 0.115. The van der Waals surface area contributed by atoms with E-state index >= 15 is 0 Å².